The van der Waals surface area contributed by atoms with Crippen molar-refractivity contribution in [1.29, 1.82) is 0 Å². The molecular weight excluding hydrogens is 342 g/mol. The molecule has 3 nitrogen and oxygen atoms in total. The number of carbonyl (C=O) groups excluding carboxylic acids is 2. The summed E-state index contributed by atoms with van der Waals surface area (Å²) < 4.78 is 0.785. The molecule has 0 N–H and O–H groups in total. The third-order valence-electron chi connectivity index (χ3n) is 3.84. The van der Waals surface area contributed by atoms with E-state index in [1.165, 1.54) is 4.90 Å². The minimum atomic E-state index is -0.281. The van der Waals surface area contributed by atoms with E-state index in [0.29, 0.717) is 16.8 Å². The van der Waals surface area contributed by atoms with E-state index in [4.69, 9.17) is 0 Å². The van der Waals surface area contributed by atoms with E-state index in [0.717, 1.165) is 15.2 Å². The third kappa shape index (κ3) is 1.88. The van der Waals surface area contributed by atoms with Crippen molar-refractivity contribution in [1.82, 2.24) is 0 Å². The van der Waals surface area contributed by atoms with E-state index in [1.807, 2.05) is 36.4 Å². The molecule has 1 heterocycles. The number of amides is 2. The Bertz CT molecular complexity index is 949. The van der Waals surface area contributed by atoms with Crippen LogP contribution in [0.15, 0.2) is 65.1 Å². The lowest BCUT2D eigenvalue weighted by atomic mass is 10.1. The van der Waals surface area contributed by atoms with Gasteiger partial charge in [0.1, 0.15) is 0 Å². The van der Waals surface area contributed by atoms with Gasteiger partial charge < -0.3 is 0 Å². The van der Waals surface area contributed by atoms with Crippen LogP contribution in [0, 0.1) is 0 Å². The van der Waals surface area contributed by atoms with E-state index >= 15 is 0 Å². The fourth-order valence-corrected chi connectivity index (χ4v) is 3.12. The van der Waals surface area contributed by atoms with Crippen LogP contribution in [0.25, 0.3) is 10.8 Å². The van der Waals surface area contributed by atoms with Gasteiger partial charge in [0.25, 0.3) is 11.8 Å². The van der Waals surface area contributed by atoms with Crippen molar-refractivity contribution < 1.29 is 9.59 Å². The Labute approximate surface area is 135 Å². The van der Waals surface area contributed by atoms with Crippen molar-refractivity contribution in [2.45, 2.75) is 0 Å². The molecule has 3 aromatic carbocycles. The second kappa shape index (κ2) is 4.78. The Balaban J connectivity index is 1.86. The summed E-state index contributed by atoms with van der Waals surface area (Å²) in [7, 11) is 0. The molecule has 4 heteroatoms. The van der Waals surface area contributed by atoms with Crippen molar-refractivity contribution in [3.63, 3.8) is 0 Å². The normalized spacial score (nSPS) is 13.8. The van der Waals surface area contributed by atoms with Gasteiger partial charge in [-0.3, -0.25) is 9.59 Å². The molecule has 3 aromatic rings. The highest BCUT2D eigenvalue weighted by Gasteiger charge is 2.36. The highest BCUT2D eigenvalue weighted by Crippen LogP contribution is 2.31. The van der Waals surface area contributed by atoms with Gasteiger partial charge in [-0.25, -0.2) is 4.90 Å². The minimum Gasteiger partial charge on any atom is -0.268 e. The molecule has 1 aliphatic rings. The average Bonchev–Trinajstić information content (AvgIpc) is 2.78. The Hall–Kier alpha value is -2.46. The lowest BCUT2D eigenvalue weighted by Gasteiger charge is -2.14. The molecule has 4 rings (SSSR count). The molecule has 0 saturated carbocycles. The fraction of sp³-hybridized carbons (Fsp3) is 0. The zero-order chi connectivity index (χ0) is 15.3. The maximum atomic E-state index is 12.6. The van der Waals surface area contributed by atoms with Crippen LogP contribution in [-0.2, 0) is 0 Å². The number of rotatable bonds is 1. The molecule has 0 aliphatic carbocycles. The smallest absolute Gasteiger partial charge is 0.266 e. The Morgan fingerprint density at radius 1 is 0.727 bits per heavy atom. The molecule has 106 valence electrons. The highest BCUT2D eigenvalue weighted by molar-refractivity contribution is 9.10. The monoisotopic (exact) mass is 351 g/mol. The largest absolute Gasteiger partial charge is 0.268 e. The first-order valence-electron chi connectivity index (χ1n) is 6.82. The van der Waals surface area contributed by atoms with Gasteiger partial charge in [-0.1, -0.05) is 46.3 Å². The average molecular weight is 352 g/mol. The van der Waals surface area contributed by atoms with Crippen molar-refractivity contribution in [2.75, 3.05) is 4.90 Å². The summed E-state index contributed by atoms with van der Waals surface area (Å²) in [5.74, 6) is -0.556. The maximum absolute atomic E-state index is 12.6. The molecule has 0 fully saturated rings. The van der Waals surface area contributed by atoms with Crippen LogP contribution in [0.4, 0.5) is 5.69 Å². The number of fused-ring (bicyclic) bond motifs is 2. The van der Waals surface area contributed by atoms with Crippen LogP contribution in [0.3, 0.4) is 0 Å². The zero-order valence-corrected chi connectivity index (χ0v) is 13.0. The first-order chi connectivity index (χ1) is 10.6. The Morgan fingerprint density at radius 2 is 1.45 bits per heavy atom. The van der Waals surface area contributed by atoms with Gasteiger partial charge in [0.15, 0.2) is 0 Å². The van der Waals surface area contributed by atoms with Gasteiger partial charge in [0.05, 0.1) is 16.8 Å². The molecule has 22 heavy (non-hydrogen) atoms. The van der Waals surface area contributed by atoms with Crippen molar-refractivity contribution in [3.8, 4) is 0 Å². The van der Waals surface area contributed by atoms with E-state index in [9.17, 15) is 9.59 Å². The van der Waals surface area contributed by atoms with Gasteiger partial charge in [-0.05, 0) is 41.1 Å². The summed E-state index contributed by atoms with van der Waals surface area (Å²) >= 11 is 3.34. The summed E-state index contributed by atoms with van der Waals surface area (Å²) in [5.41, 5.74) is 1.48. The van der Waals surface area contributed by atoms with E-state index in [2.05, 4.69) is 15.9 Å². The first-order valence-corrected chi connectivity index (χ1v) is 7.61. The van der Waals surface area contributed by atoms with Gasteiger partial charge in [0, 0.05) is 4.47 Å². The molecule has 0 saturated heterocycles. The molecular formula is C18H10BrNO2. The topological polar surface area (TPSA) is 37.4 Å². The first kappa shape index (κ1) is 13.2. The SMILES string of the molecule is O=C1c2ccc(Br)cc2C(=O)N1c1ccc2ccccc2c1. The number of imide groups is 1. The molecule has 0 aromatic heterocycles. The van der Waals surface area contributed by atoms with Crippen LogP contribution in [0.1, 0.15) is 20.7 Å². The summed E-state index contributed by atoms with van der Waals surface area (Å²) in [6.07, 6.45) is 0. The summed E-state index contributed by atoms with van der Waals surface area (Å²) in [6, 6.07) is 18.6. The van der Waals surface area contributed by atoms with Crippen LogP contribution < -0.4 is 4.90 Å². The summed E-state index contributed by atoms with van der Waals surface area (Å²) in [4.78, 5) is 26.4. The van der Waals surface area contributed by atoms with Crippen molar-refractivity contribution in [2.24, 2.45) is 0 Å². The van der Waals surface area contributed by atoms with E-state index < -0.39 is 0 Å². The van der Waals surface area contributed by atoms with Gasteiger partial charge in [0.2, 0.25) is 0 Å². The van der Waals surface area contributed by atoms with Crippen LogP contribution in [0.5, 0.6) is 0 Å². The minimum absolute atomic E-state index is 0.275. The molecule has 1 aliphatic heterocycles. The fourth-order valence-electron chi connectivity index (χ4n) is 2.76. The van der Waals surface area contributed by atoms with Crippen molar-refractivity contribution in [3.05, 3.63) is 76.3 Å². The van der Waals surface area contributed by atoms with Gasteiger partial charge >= 0.3 is 0 Å². The predicted molar refractivity (Wildman–Crippen MR) is 89.2 cm³/mol. The lowest BCUT2D eigenvalue weighted by molar-refractivity contribution is 0.0926. The quantitative estimate of drug-likeness (QED) is 0.609. The number of hydrogen-bond acceptors (Lipinski definition) is 2. The number of benzene rings is 3. The Morgan fingerprint density at radius 3 is 2.27 bits per heavy atom. The van der Waals surface area contributed by atoms with E-state index in [1.54, 1.807) is 24.3 Å². The second-order valence-corrected chi connectivity index (χ2v) is 6.08. The van der Waals surface area contributed by atoms with Crippen LogP contribution >= 0.6 is 15.9 Å². The summed E-state index contributed by atoms with van der Waals surface area (Å²) in [6.45, 7) is 0. The van der Waals surface area contributed by atoms with Crippen molar-refractivity contribution >= 4 is 44.2 Å². The van der Waals surface area contributed by atoms with E-state index in [-0.39, 0.29) is 11.8 Å². The molecule has 0 radical (unpaired) electrons. The third-order valence-corrected chi connectivity index (χ3v) is 4.33. The molecule has 0 spiro atoms. The number of nitrogens with zero attached hydrogens (tertiary/aromatic N) is 1. The van der Waals surface area contributed by atoms with Crippen LogP contribution in [-0.4, -0.2) is 11.8 Å². The highest BCUT2D eigenvalue weighted by atomic mass is 79.9. The molecule has 0 atom stereocenters. The standard InChI is InChI=1S/C18H10BrNO2/c19-13-6-8-15-16(10-13)18(22)20(17(15)21)14-7-5-11-3-1-2-4-12(11)9-14/h1-10H. The number of halogens is 1. The zero-order valence-electron chi connectivity index (χ0n) is 11.4. The van der Waals surface area contributed by atoms with Gasteiger partial charge in [-0.15, -0.1) is 0 Å². The lowest BCUT2D eigenvalue weighted by Crippen LogP contribution is -2.29. The summed E-state index contributed by atoms with van der Waals surface area (Å²) in [5, 5.41) is 2.07. The Kier molecular flexibility index (Phi) is 2.87. The maximum Gasteiger partial charge on any atom is 0.266 e. The number of anilines is 1. The number of hydrogen-bond donors (Lipinski definition) is 0. The molecule has 0 bridgehead atoms. The molecule has 2 amide bonds. The number of carbonyl (C=O) groups is 2. The van der Waals surface area contributed by atoms with Crippen LogP contribution in [0.2, 0.25) is 0 Å². The molecule has 0 unspecified atom stereocenters. The van der Waals surface area contributed by atoms with Gasteiger partial charge in [-0.2, -0.15) is 0 Å². The predicted octanol–water partition coefficient (Wildman–Crippen LogP) is 4.40. The second-order valence-electron chi connectivity index (χ2n) is 5.17.